The van der Waals surface area contributed by atoms with Crippen LogP contribution in [0.25, 0.3) is 0 Å². The van der Waals surface area contributed by atoms with Crippen LogP contribution in [0.3, 0.4) is 0 Å². The average Bonchev–Trinajstić information content (AvgIpc) is 2.40. The summed E-state index contributed by atoms with van der Waals surface area (Å²) in [4.78, 5) is 8.53. The maximum atomic E-state index is 5.84. The van der Waals surface area contributed by atoms with Gasteiger partial charge < -0.3 is 11.1 Å². The van der Waals surface area contributed by atoms with Crippen molar-refractivity contribution in [1.29, 1.82) is 0 Å². The number of nitrogens with one attached hydrogen (secondary N) is 1. The summed E-state index contributed by atoms with van der Waals surface area (Å²) in [5.74, 6) is 0.432. The monoisotopic (exact) mass is 382 g/mol. The zero-order valence-electron chi connectivity index (χ0n) is 11.4. The van der Waals surface area contributed by atoms with E-state index in [0.717, 1.165) is 17.8 Å². The maximum Gasteiger partial charge on any atom is 0.193 e. The number of aryl methyl sites for hydroxylation is 1. The van der Waals surface area contributed by atoms with E-state index in [9.17, 15) is 0 Å². The van der Waals surface area contributed by atoms with Crippen molar-refractivity contribution in [1.82, 2.24) is 4.98 Å². The molecule has 0 radical (unpaired) electrons. The third-order valence-corrected chi connectivity index (χ3v) is 2.67. The molecule has 0 saturated heterocycles. The third kappa shape index (κ3) is 5.56. The summed E-state index contributed by atoms with van der Waals surface area (Å²) in [5, 5.41) is 3.08. The minimum absolute atomic E-state index is 0. The van der Waals surface area contributed by atoms with Crippen LogP contribution in [-0.4, -0.2) is 17.5 Å². The second kappa shape index (κ2) is 8.52. The molecular formula is C15H19IN4. The van der Waals surface area contributed by atoms with Gasteiger partial charge in [-0.25, -0.2) is 0 Å². The van der Waals surface area contributed by atoms with Gasteiger partial charge in [-0.2, -0.15) is 0 Å². The fourth-order valence-corrected chi connectivity index (χ4v) is 1.75. The van der Waals surface area contributed by atoms with Crippen molar-refractivity contribution < 1.29 is 0 Å². The Kier molecular flexibility index (Phi) is 7.00. The molecule has 0 atom stereocenters. The van der Waals surface area contributed by atoms with Gasteiger partial charge in [-0.15, -0.1) is 24.0 Å². The van der Waals surface area contributed by atoms with Gasteiger partial charge in [-0.05, 0) is 36.8 Å². The summed E-state index contributed by atoms with van der Waals surface area (Å²) >= 11 is 0. The Hall–Kier alpha value is -1.63. The second-order valence-electron chi connectivity index (χ2n) is 4.33. The molecule has 0 amide bonds. The van der Waals surface area contributed by atoms with Gasteiger partial charge in [0.2, 0.25) is 0 Å². The molecule has 0 saturated carbocycles. The predicted molar refractivity (Wildman–Crippen MR) is 94.6 cm³/mol. The Balaban J connectivity index is 0.00000200. The zero-order valence-corrected chi connectivity index (χ0v) is 13.7. The highest BCUT2D eigenvalue weighted by Gasteiger charge is 1.96. The minimum Gasteiger partial charge on any atom is -0.370 e. The summed E-state index contributed by atoms with van der Waals surface area (Å²) < 4.78 is 0. The zero-order chi connectivity index (χ0) is 13.5. The van der Waals surface area contributed by atoms with E-state index in [1.54, 1.807) is 6.20 Å². The number of anilines is 1. The Morgan fingerprint density at radius 2 is 2.10 bits per heavy atom. The first-order valence-electron chi connectivity index (χ1n) is 6.27. The molecule has 3 N–H and O–H groups in total. The Morgan fingerprint density at radius 1 is 1.25 bits per heavy atom. The summed E-state index contributed by atoms with van der Waals surface area (Å²) in [6.45, 7) is 2.67. The fourth-order valence-electron chi connectivity index (χ4n) is 1.75. The van der Waals surface area contributed by atoms with Crippen LogP contribution in [0, 0.1) is 6.92 Å². The smallest absolute Gasteiger partial charge is 0.193 e. The molecule has 0 unspecified atom stereocenters. The lowest BCUT2D eigenvalue weighted by Gasteiger charge is -2.06. The van der Waals surface area contributed by atoms with Crippen LogP contribution in [0.1, 0.15) is 11.3 Å². The highest BCUT2D eigenvalue weighted by Crippen LogP contribution is 2.08. The van der Waals surface area contributed by atoms with Crippen molar-refractivity contribution in [2.24, 2.45) is 10.7 Å². The van der Waals surface area contributed by atoms with Gasteiger partial charge in [0.1, 0.15) is 0 Å². The molecule has 2 rings (SSSR count). The molecule has 0 bridgehead atoms. The normalized spacial score (nSPS) is 10.8. The van der Waals surface area contributed by atoms with E-state index < -0.39 is 0 Å². The van der Waals surface area contributed by atoms with Gasteiger partial charge in [0.05, 0.1) is 0 Å². The van der Waals surface area contributed by atoms with Crippen LogP contribution < -0.4 is 11.1 Å². The van der Waals surface area contributed by atoms with Crippen molar-refractivity contribution >= 4 is 35.6 Å². The Morgan fingerprint density at radius 3 is 2.80 bits per heavy atom. The van der Waals surface area contributed by atoms with Crippen molar-refractivity contribution in [3.05, 3.63) is 59.9 Å². The number of nitrogens with two attached hydrogens (primary N) is 1. The molecule has 2 aromatic rings. The van der Waals surface area contributed by atoms with Gasteiger partial charge in [-0.1, -0.05) is 18.2 Å². The number of aliphatic imine (C=N–C) groups is 1. The lowest BCUT2D eigenvalue weighted by molar-refractivity contribution is 0.921. The summed E-state index contributed by atoms with van der Waals surface area (Å²) in [5.41, 5.74) is 9.01. The largest absolute Gasteiger partial charge is 0.370 e. The molecule has 20 heavy (non-hydrogen) atoms. The van der Waals surface area contributed by atoms with Crippen LogP contribution in [0.2, 0.25) is 0 Å². The molecule has 1 aromatic carbocycles. The first-order valence-corrected chi connectivity index (χ1v) is 6.27. The third-order valence-electron chi connectivity index (χ3n) is 2.67. The summed E-state index contributed by atoms with van der Waals surface area (Å²) in [7, 11) is 0. The standard InChI is InChI=1S/C15H18N4.HI/c1-12-5-4-7-14(11-12)19-15(16)18-10-8-13-6-2-3-9-17-13;/h2-7,9,11H,8,10H2,1H3,(H3,16,18,19);1H. The molecule has 0 aliphatic rings. The van der Waals surface area contributed by atoms with Crippen LogP contribution in [0.15, 0.2) is 53.7 Å². The topological polar surface area (TPSA) is 63.3 Å². The minimum atomic E-state index is 0. The van der Waals surface area contributed by atoms with Crippen molar-refractivity contribution in [3.8, 4) is 0 Å². The van der Waals surface area contributed by atoms with Crippen molar-refractivity contribution in [2.75, 3.05) is 11.9 Å². The maximum absolute atomic E-state index is 5.84. The lowest BCUT2D eigenvalue weighted by atomic mass is 10.2. The number of halogens is 1. The van der Waals surface area contributed by atoms with E-state index in [1.165, 1.54) is 5.56 Å². The van der Waals surface area contributed by atoms with Crippen molar-refractivity contribution in [3.63, 3.8) is 0 Å². The molecule has 0 aliphatic carbocycles. The number of nitrogens with zero attached hydrogens (tertiary/aromatic N) is 2. The summed E-state index contributed by atoms with van der Waals surface area (Å²) in [6.07, 6.45) is 2.57. The van der Waals surface area contributed by atoms with Crippen LogP contribution in [0.4, 0.5) is 5.69 Å². The number of aromatic nitrogens is 1. The van der Waals surface area contributed by atoms with Crippen LogP contribution in [-0.2, 0) is 6.42 Å². The number of benzene rings is 1. The van der Waals surface area contributed by atoms with E-state index in [2.05, 4.69) is 15.3 Å². The number of hydrogen-bond donors (Lipinski definition) is 2. The highest BCUT2D eigenvalue weighted by molar-refractivity contribution is 14.0. The SMILES string of the molecule is Cc1cccc(NC(N)=NCCc2ccccn2)c1.I. The van der Waals surface area contributed by atoms with Gasteiger partial charge >= 0.3 is 0 Å². The average molecular weight is 382 g/mol. The van der Waals surface area contributed by atoms with Crippen LogP contribution in [0.5, 0.6) is 0 Å². The molecule has 4 nitrogen and oxygen atoms in total. The Labute approximate surface area is 136 Å². The molecule has 5 heteroatoms. The van der Waals surface area contributed by atoms with E-state index >= 15 is 0 Å². The van der Waals surface area contributed by atoms with E-state index in [1.807, 2.05) is 49.4 Å². The van der Waals surface area contributed by atoms with E-state index in [-0.39, 0.29) is 24.0 Å². The van der Waals surface area contributed by atoms with Crippen molar-refractivity contribution in [2.45, 2.75) is 13.3 Å². The molecule has 1 heterocycles. The number of hydrogen-bond acceptors (Lipinski definition) is 2. The highest BCUT2D eigenvalue weighted by atomic mass is 127. The quantitative estimate of drug-likeness (QED) is 0.486. The van der Waals surface area contributed by atoms with Gasteiger partial charge in [0.15, 0.2) is 5.96 Å². The van der Waals surface area contributed by atoms with Gasteiger partial charge in [-0.3, -0.25) is 9.98 Å². The van der Waals surface area contributed by atoms with Crippen LogP contribution >= 0.6 is 24.0 Å². The van der Waals surface area contributed by atoms with Gasteiger partial charge in [0.25, 0.3) is 0 Å². The number of pyridine rings is 1. The lowest BCUT2D eigenvalue weighted by Crippen LogP contribution is -2.23. The molecule has 0 spiro atoms. The first kappa shape index (κ1) is 16.4. The first-order chi connectivity index (χ1) is 9.24. The molecule has 106 valence electrons. The van der Waals surface area contributed by atoms with E-state index in [0.29, 0.717) is 12.5 Å². The number of guanidine groups is 1. The number of rotatable bonds is 4. The predicted octanol–water partition coefficient (Wildman–Crippen LogP) is 2.98. The van der Waals surface area contributed by atoms with Gasteiger partial charge in [0, 0.05) is 30.5 Å². The molecular weight excluding hydrogens is 363 g/mol. The molecule has 1 aromatic heterocycles. The summed E-state index contributed by atoms with van der Waals surface area (Å²) in [6, 6.07) is 13.9. The Bertz CT molecular complexity index is 555. The van der Waals surface area contributed by atoms with E-state index in [4.69, 9.17) is 5.73 Å². The molecule has 0 fully saturated rings. The second-order valence-corrected chi connectivity index (χ2v) is 4.33. The molecule has 0 aliphatic heterocycles. The fraction of sp³-hybridized carbons (Fsp3) is 0.200.